The molecule has 1 amide bonds. The van der Waals surface area contributed by atoms with Crippen LogP contribution in [0.3, 0.4) is 0 Å². The van der Waals surface area contributed by atoms with Crippen LogP contribution in [0.5, 0.6) is 5.75 Å². The number of nitrogens with zero attached hydrogens (tertiary/aromatic N) is 2. The second kappa shape index (κ2) is 10.4. The molecule has 1 unspecified atom stereocenters. The normalized spacial score (nSPS) is 20.7. The Morgan fingerprint density at radius 2 is 1.81 bits per heavy atom. The number of piperidine rings is 1. The first-order chi connectivity index (χ1) is 17.6. The molecule has 36 heavy (non-hydrogen) atoms. The third kappa shape index (κ3) is 4.66. The van der Waals surface area contributed by atoms with E-state index in [0.717, 1.165) is 32.5 Å². The third-order valence-electron chi connectivity index (χ3n) is 6.91. The van der Waals surface area contributed by atoms with Crippen molar-refractivity contribution in [2.75, 3.05) is 19.7 Å². The molecular weight excluding hydrogens is 456 g/mol. The quantitative estimate of drug-likeness (QED) is 0.294. The number of rotatable bonds is 7. The molecule has 1 atom stereocenters. The van der Waals surface area contributed by atoms with Crippen LogP contribution in [0.4, 0.5) is 0 Å². The van der Waals surface area contributed by atoms with Gasteiger partial charge in [-0.3, -0.25) is 14.5 Å². The first-order valence-corrected chi connectivity index (χ1v) is 12.4. The zero-order valence-electron chi connectivity index (χ0n) is 20.3. The minimum atomic E-state index is -0.776. The zero-order valence-corrected chi connectivity index (χ0v) is 20.3. The molecule has 2 aromatic carbocycles. The molecule has 1 aromatic heterocycles. The van der Waals surface area contributed by atoms with Crippen molar-refractivity contribution in [3.05, 3.63) is 95.5 Å². The SMILES string of the molecule is CCOc1cccc(/C(O)=C2/C(=O)C(=O)N(C3CCN(Cc4ccccc4)CC3)C2c2ccco2)c1. The Bertz CT molecular complexity index is 1240. The number of Topliss-reactive ketones (excluding diaryl/α,β-unsaturated/α-hetero) is 1. The summed E-state index contributed by atoms with van der Waals surface area (Å²) in [7, 11) is 0. The van der Waals surface area contributed by atoms with Gasteiger partial charge in [0.05, 0.1) is 18.4 Å². The van der Waals surface area contributed by atoms with E-state index in [2.05, 4.69) is 17.0 Å². The van der Waals surface area contributed by atoms with Crippen LogP contribution in [0.25, 0.3) is 5.76 Å². The Balaban J connectivity index is 1.43. The summed E-state index contributed by atoms with van der Waals surface area (Å²) in [5.74, 6) is -0.470. The molecule has 0 saturated carbocycles. The number of hydrogen-bond acceptors (Lipinski definition) is 6. The van der Waals surface area contributed by atoms with Crippen LogP contribution < -0.4 is 4.74 Å². The molecule has 0 bridgehead atoms. The van der Waals surface area contributed by atoms with Crippen molar-refractivity contribution >= 4 is 17.4 Å². The number of amides is 1. The summed E-state index contributed by atoms with van der Waals surface area (Å²) in [5, 5.41) is 11.3. The van der Waals surface area contributed by atoms with Crippen molar-refractivity contribution in [2.45, 2.75) is 38.4 Å². The summed E-state index contributed by atoms with van der Waals surface area (Å²) in [6.07, 6.45) is 2.99. The van der Waals surface area contributed by atoms with E-state index in [1.165, 1.54) is 11.8 Å². The number of carbonyl (C=O) groups excluding carboxylic acids is 2. The topological polar surface area (TPSA) is 83.2 Å². The van der Waals surface area contributed by atoms with Gasteiger partial charge in [0.2, 0.25) is 0 Å². The minimum Gasteiger partial charge on any atom is -0.507 e. The second-order valence-corrected chi connectivity index (χ2v) is 9.18. The Morgan fingerprint density at radius 3 is 2.50 bits per heavy atom. The highest BCUT2D eigenvalue weighted by molar-refractivity contribution is 6.46. The molecule has 2 saturated heterocycles. The number of ether oxygens (including phenoxy) is 1. The van der Waals surface area contributed by atoms with Gasteiger partial charge in [-0.15, -0.1) is 0 Å². The highest BCUT2D eigenvalue weighted by atomic mass is 16.5. The summed E-state index contributed by atoms with van der Waals surface area (Å²) in [6.45, 7) is 4.82. The summed E-state index contributed by atoms with van der Waals surface area (Å²) in [4.78, 5) is 30.6. The van der Waals surface area contributed by atoms with Gasteiger partial charge in [-0.05, 0) is 49.6 Å². The summed E-state index contributed by atoms with van der Waals surface area (Å²) < 4.78 is 11.2. The van der Waals surface area contributed by atoms with Gasteiger partial charge in [0.15, 0.2) is 0 Å². The molecule has 0 spiro atoms. The number of aliphatic hydroxyl groups is 1. The lowest BCUT2D eigenvalue weighted by Gasteiger charge is -2.38. The molecule has 3 aromatic rings. The van der Waals surface area contributed by atoms with Crippen LogP contribution in [0.2, 0.25) is 0 Å². The van der Waals surface area contributed by atoms with E-state index in [1.54, 1.807) is 41.3 Å². The minimum absolute atomic E-state index is 0.0512. The fraction of sp³-hybridized carbons (Fsp3) is 0.310. The highest BCUT2D eigenvalue weighted by Gasteiger charge is 2.50. The molecule has 0 aliphatic carbocycles. The smallest absolute Gasteiger partial charge is 0.296 e. The fourth-order valence-corrected chi connectivity index (χ4v) is 5.21. The van der Waals surface area contributed by atoms with Gasteiger partial charge in [0.25, 0.3) is 11.7 Å². The van der Waals surface area contributed by atoms with Gasteiger partial charge >= 0.3 is 0 Å². The number of furan rings is 1. The van der Waals surface area contributed by atoms with Crippen molar-refractivity contribution in [1.82, 2.24) is 9.80 Å². The molecule has 2 aliphatic rings. The summed E-state index contributed by atoms with van der Waals surface area (Å²) in [6, 6.07) is 19.8. The standard InChI is InChI=1S/C29H30N2O5/c1-2-35-23-11-6-10-21(18-23)27(32)25-26(24-12-7-17-36-24)31(29(34)28(25)33)22-13-15-30(16-14-22)19-20-8-4-3-5-9-20/h3-12,17-18,22,26,32H,2,13-16,19H2,1H3/b27-25-. The first kappa shape index (κ1) is 23.9. The van der Waals surface area contributed by atoms with Crippen LogP contribution in [0.1, 0.15) is 42.7 Å². The van der Waals surface area contributed by atoms with Crippen molar-refractivity contribution < 1.29 is 23.8 Å². The average Bonchev–Trinajstić information content (AvgIpc) is 3.52. The molecular formula is C29H30N2O5. The number of aliphatic hydroxyl groups excluding tert-OH is 1. The van der Waals surface area contributed by atoms with Crippen molar-refractivity contribution in [3.63, 3.8) is 0 Å². The molecule has 0 radical (unpaired) electrons. The van der Waals surface area contributed by atoms with Gasteiger partial charge in [0, 0.05) is 31.2 Å². The Hall–Kier alpha value is -3.84. The lowest BCUT2D eigenvalue weighted by Crippen LogP contribution is -2.46. The predicted molar refractivity (Wildman–Crippen MR) is 135 cm³/mol. The summed E-state index contributed by atoms with van der Waals surface area (Å²) in [5.41, 5.74) is 1.73. The van der Waals surface area contributed by atoms with E-state index in [-0.39, 0.29) is 17.4 Å². The molecule has 3 heterocycles. The maximum Gasteiger partial charge on any atom is 0.296 e. The Kier molecular flexibility index (Phi) is 6.91. The molecule has 5 rings (SSSR count). The fourth-order valence-electron chi connectivity index (χ4n) is 5.21. The van der Waals surface area contributed by atoms with Crippen LogP contribution in [0, 0.1) is 0 Å². The molecule has 7 nitrogen and oxygen atoms in total. The average molecular weight is 487 g/mol. The maximum absolute atomic E-state index is 13.3. The first-order valence-electron chi connectivity index (χ1n) is 12.4. The van der Waals surface area contributed by atoms with Crippen molar-refractivity contribution in [2.24, 2.45) is 0 Å². The lowest BCUT2D eigenvalue weighted by atomic mass is 9.97. The number of benzene rings is 2. The van der Waals surface area contributed by atoms with E-state index in [1.807, 2.05) is 25.1 Å². The number of hydrogen-bond donors (Lipinski definition) is 1. The lowest BCUT2D eigenvalue weighted by molar-refractivity contribution is -0.142. The highest BCUT2D eigenvalue weighted by Crippen LogP contribution is 2.42. The zero-order chi connectivity index (χ0) is 25.1. The van der Waals surface area contributed by atoms with E-state index < -0.39 is 17.7 Å². The van der Waals surface area contributed by atoms with Gasteiger partial charge in [-0.25, -0.2) is 0 Å². The van der Waals surface area contributed by atoms with Gasteiger partial charge in [0.1, 0.15) is 23.3 Å². The number of likely N-dealkylation sites (tertiary alicyclic amines) is 2. The van der Waals surface area contributed by atoms with E-state index >= 15 is 0 Å². The monoisotopic (exact) mass is 486 g/mol. The van der Waals surface area contributed by atoms with Crippen LogP contribution in [-0.4, -0.2) is 52.3 Å². The van der Waals surface area contributed by atoms with Gasteiger partial charge in [-0.2, -0.15) is 0 Å². The van der Waals surface area contributed by atoms with Crippen LogP contribution in [-0.2, 0) is 16.1 Å². The largest absolute Gasteiger partial charge is 0.507 e. The van der Waals surface area contributed by atoms with Gasteiger partial charge in [-0.1, -0.05) is 42.5 Å². The van der Waals surface area contributed by atoms with E-state index in [4.69, 9.17) is 9.15 Å². The number of carbonyl (C=O) groups is 2. The van der Waals surface area contributed by atoms with Crippen LogP contribution in [0.15, 0.2) is 83.0 Å². The van der Waals surface area contributed by atoms with E-state index in [0.29, 0.717) is 23.7 Å². The molecule has 2 fully saturated rings. The molecule has 2 aliphatic heterocycles. The van der Waals surface area contributed by atoms with Gasteiger partial charge < -0.3 is 19.2 Å². The molecule has 1 N–H and O–H groups in total. The number of ketones is 1. The maximum atomic E-state index is 13.3. The predicted octanol–water partition coefficient (Wildman–Crippen LogP) is 4.76. The van der Waals surface area contributed by atoms with Crippen LogP contribution >= 0.6 is 0 Å². The Morgan fingerprint density at radius 1 is 1.03 bits per heavy atom. The van der Waals surface area contributed by atoms with E-state index in [9.17, 15) is 14.7 Å². The Labute approximate surface area is 210 Å². The molecule has 186 valence electrons. The second-order valence-electron chi connectivity index (χ2n) is 9.18. The summed E-state index contributed by atoms with van der Waals surface area (Å²) >= 11 is 0. The third-order valence-corrected chi connectivity index (χ3v) is 6.91. The molecule has 7 heteroatoms. The van der Waals surface area contributed by atoms with Crippen molar-refractivity contribution in [3.8, 4) is 5.75 Å². The van der Waals surface area contributed by atoms with Crippen molar-refractivity contribution in [1.29, 1.82) is 0 Å².